The third-order valence-electron chi connectivity index (χ3n) is 3.71. The molecule has 19 heavy (non-hydrogen) atoms. The first-order valence-electron chi connectivity index (χ1n) is 6.52. The van der Waals surface area contributed by atoms with Gasteiger partial charge in [0, 0.05) is 13.7 Å². The molecule has 2 atom stereocenters. The number of methoxy groups -OCH3 is 1. The number of halogens is 1. The summed E-state index contributed by atoms with van der Waals surface area (Å²) in [6, 6.07) is -0.306. The molecule has 2 unspecified atom stereocenters. The molecule has 0 saturated carbocycles. The smallest absolute Gasteiger partial charge is 0.0855 e. The molecule has 0 fully saturated rings. The zero-order valence-corrected chi connectivity index (χ0v) is 13.2. The second kappa shape index (κ2) is 6.70. The Kier molecular flexibility index (Phi) is 5.80. The van der Waals surface area contributed by atoms with Crippen molar-refractivity contribution >= 4 is 11.6 Å². The molecule has 6 heteroatoms. The Morgan fingerprint density at radius 1 is 1.58 bits per heavy atom. The van der Waals surface area contributed by atoms with E-state index in [0.717, 1.165) is 25.2 Å². The van der Waals surface area contributed by atoms with E-state index in [0.29, 0.717) is 5.02 Å². The number of hydrogen-bond donors (Lipinski definition) is 1. The van der Waals surface area contributed by atoms with Gasteiger partial charge in [0.05, 0.1) is 35.1 Å². The molecule has 1 aromatic heterocycles. The number of likely N-dealkylation sites (N-methyl/N-ethyl adjacent to an activating group) is 1. The van der Waals surface area contributed by atoms with Crippen molar-refractivity contribution in [2.24, 2.45) is 5.73 Å². The fraction of sp³-hybridized carbons (Fsp3) is 0.769. The van der Waals surface area contributed by atoms with Crippen LogP contribution >= 0.6 is 11.6 Å². The lowest BCUT2D eigenvalue weighted by atomic mass is 9.91. The molecular weight excluding hydrogens is 264 g/mol. The van der Waals surface area contributed by atoms with Gasteiger partial charge < -0.3 is 15.4 Å². The molecule has 0 bridgehead atoms. The summed E-state index contributed by atoms with van der Waals surface area (Å²) < 4.78 is 7.45. The highest BCUT2D eigenvalue weighted by atomic mass is 35.5. The topological polar surface area (TPSA) is 56.3 Å². The van der Waals surface area contributed by atoms with E-state index in [2.05, 4.69) is 16.9 Å². The molecule has 0 aliphatic carbocycles. The zero-order valence-electron chi connectivity index (χ0n) is 12.5. The standard InChI is InChI=1S/C13H25ClN4O/c1-6-13(2,19-5)12(15)11-10(14)9-16-18(11)8-7-17(3)4/h9,12H,6-8,15H2,1-5H3. The van der Waals surface area contributed by atoms with Gasteiger partial charge in [-0.15, -0.1) is 0 Å². The maximum absolute atomic E-state index is 6.36. The van der Waals surface area contributed by atoms with Crippen LogP contribution in [0.3, 0.4) is 0 Å². The number of rotatable bonds is 7. The van der Waals surface area contributed by atoms with E-state index < -0.39 is 5.60 Å². The summed E-state index contributed by atoms with van der Waals surface area (Å²) in [4.78, 5) is 2.10. The molecule has 1 heterocycles. The van der Waals surface area contributed by atoms with Crippen LogP contribution in [0.1, 0.15) is 32.0 Å². The molecular formula is C13H25ClN4O. The predicted octanol–water partition coefficient (Wildman–Crippen LogP) is 1.91. The second-order valence-corrected chi connectivity index (χ2v) is 5.66. The van der Waals surface area contributed by atoms with Gasteiger partial charge in [-0.05, 0) is 27.4 Å². The minimum atomic E-state index is -0.445. The molecule has 0 amide bonds. The van der Waals surface area contributed by atoms with Crippen LogP contribution in [-0.2, 0) is 11.3 Å². The molecule has 5 nitrogen and oxygen atoms in total. The normalized spacial score (nSPS) is 16.6. The molecule has 0 aromatic carbocycles. The number of ether oxygens (including phenoxy) is 1. The van der Waals surface area contributed by atoms with Crippen molar-refractivity contribution in [2.75, 3.05) is 27.7 Å². The van der Waals surface area contributed by atoms with Crippen LogP contribution in [-0.4, -0.2) is 48.0 Å². The van der Waals surface area contributed by atoms with Crippen molar-refractivity contribution in [3.63, 3.8) is 0 Å². The molecule has 0 radical (unpaired) electrons. The highest BCUT2D eigenvalue weighted by Gasteiger charge is 2.34. The van der Waals surface area contributed by atoms with Crippen LogP contribution in [0.4, 0.5) is 0 Å². The Bertz CT molecular complexity index is 401. The van der Waals surface area contributed by atoms with E-state index in [-0.39, 0.29) is 6.04 Å². The van der Waals surface area contributed by atoms with Gasteiger partial charge in [0.2, 0.25) is 0 Å². The number of nitrogens with two attached hydrogens (primary N) is 1. The van der Waals surface area contributed by atoms with Gasteiger partial charge in [-0.2, -0.15) is 5.10 Å². The first kappa shape index (κ1) is 16.4. The molecule has 110 valence electrons. The number of nitrogens with zero attached hydrogens (tertiary/aromatic N) is 3. The van der Waals surface area contributed by atoms with Crippen LogP contribution in [0.2, 0.25) is 5.02 Å². The summed E-state index contributed by atoms with van der Waals surface area (Å²) >= 11 is 6.24. The Morgan fingerprint density at radius 3 is 2.68 bits per heavy atom. The lowest BCUT2D eigenvalue weighted by Gasteiger charge is -2.33. The van der Waals surface area contributed by atoms with Crippen LogP contribution in [0.5, 0.6) is 0 Å². The van der Waals surface area contributed by atoms with Gasteiger partial charge in [-0.1, -0.05) is 18.5 Å². The molecule has 2 N–H and O–H groups in total. The van der Waals surface area contributed by atoms with Gasteiger partial charge in [-0.25, -0.2) is 0 Å². The van der Waals surface area contributed by atoms with Crippen molar-refractivity contribution in [2.45, 2.75) is 38.5 Å². The largest absolute Gasteiger partial charge is 0.376 e. The van der Waals surface area contributed by atoms with Crippen molar-refractivity contribution < 1.29 is 4.74 Å². The Labute approximate surface area is 120 Å². The van der Waals surface area contributed by atoms with Gasteiger partial charge in [0.25, 0.3) is 0 Å². The lowest BCUT2D eigenvalue weighted by molar-refractivity contribution is -0.0215. The lowest BCUT2D eigenvalue weighted by Crippen LogP contribution is -2.41. The average molecular weight is 289 g/mol. The van der Waals surface area contributed by atoms with Gasteiger partial charge in [0.1, 0.15) is 0 Å². The summed E-state index contributed by atoms with van der Waals surface area (Å²) in [5, 5.41) is 4.91. The molecule has 1 rings (SSSR count). The maximum Gasteiger partial charge on any atom is 0.0855 e. The van der Waals surface area contributed by atoms with Crippen LogP contribution in [0.25, 0.3) is 0 Å². The molecule has 0 saturated heterocycles. The van der Waals surface area contributed by atoms with Gasteiger partial charge in [0.15, 0.2) is 0 Å². The first-order chi connectivity index (χ1) is 8.85. The average Bonchev–Trinajstić information content (AvgIpc) is 2.75. The number of hydrogen-bond acceptors (Lipinski definition) is 4. The SMILES string of the molecule is CCC(C)(OC)C(N)c1c(Cl)cnn1CCN(C)C. The van der Waals surface area contributed by atoms with Crippen molar-refractivity contribution in [1.29, 1.82) is 0 Å². The summed E-state index contributed by atoms with van der Waals surface area (Å²) in [6.45, 7) is 5.69. The summed E-state index contributed by atoms with van der Waals surface area (Å²) in [7, 11) is 5.73. The third-order valence-corrected chi connectivity index (χ3v) is 4.00. The third kappa shape index (κ3) is 3.69. The monoisotopic (exact) mass is 288 g/mol. The fourth-order valence-corrected chi connectivity index (χ4v) is 2.19. The van der Waals surface area contributed by atoms with Crippen LogP contribution in [0.15, 0.2) is 6.20 Å². The predicted molar refractivity (Wildman–Crippen MR) is 78.4 cm³/mol. The molecule has 0 spiro atoms. The van der Waals surface area contributed by atoms with E-state index in [1.54, 1.807) is 13.3 Å². The minimum absolute atomic E-state index is 0.306. The fourth-order valence-electron chi connectivity index (χ4n) is 1.93. The quantitative estimate of drug-likeness (QED) is 0.833. The van der Waals surface area contributed by atoms with Gasteiger partial charge >= 0.3 is 0 Å². The highest BCUT2D eigenvalue weighted by molar-refractivity contribution is 6.31. The van der Waals surface area contributed by atoms with Crippen LogP contribution < -0.4 is 5.73 Å². The van der Waals surface area contributed by atoms with Crippen molar-refractivity contribution in [3.05, 3.63) is 16.9 Å². The van der Waals surface area contributed by atoms with Gasteiger partial charge in [-0.3, -0.25) is 4.68 Å². The highest BCUT2D eigenvalue weighted by Crippen LogP contribution is 2.33. The molecule has 0 aliphatic rings. The van der Waals surface area contributed by atoms with Crippen molar-refractivity contribution in [1.82, 2.24) is 14.7 Å². The van der Waals surface area contributed by atoms with E-state index in [9.17, 15) is 0 Å². The van der Waals surface area contributed by atoms with E-state index in [4.69, 9.17) is 22.1 Å². The zero-order chi connectivity index (χ0) is 14.6. The number of aromatic nitrogens is 2. The Hall–Kier alpha value is -0.620. The Morgan fingerprint density at radius 2 is 2.21 bits per heavy atom. The van der Waals surface area contributed by atoms with Crippen LogP contribution in [0, 0.1) is 0 Å². The minimum Gasteiger partial charge on any atom is -0.376 e. The summed E-state index contributed by atoms with van der Waals surface area (Å²) in [5.41, 5.74) is 6.76. The van der Waals surface area contributed by atoms with E-state index in [1.165, 1.54) is 0 Å². The van der Waals surface area contributed by atoms with Crippen molar-refractivity contribution in [3.8, 4) is 0 Å². The maximum atomic E-state index is 6.36. The molecule has 1 aromatic rings. The Balaban J connectivity index is 3.01. The second-order valence-electron chi connectivity index (χ2n) is 5.25. The summed E-state index contributed by atoms with van der Waals surface area (Å²) in [5.74, 6) is 0. The summed E-state index contributed by atoms with van der Waals surface area (Å²) in [6.07, 6.45) is 2.46. The first-order valence-corrected chi connectivity index (χ1v) is 6.90. The molecule has 0 aliphatic heterocycles. The van der Waals surface area contributed by atoms with E-state index >= 15 is 0 Å². The van der Waals surface area contributed by atoms with E-state index in [1.807, 2.05) is 25.7 Å².